The van der Waals surface area contributed by atoms with Gasteiger partial charge in [0.1, 0.15) is 0 Å². The standard InChI is InChI=1S/C12H22N2S/c1-9(8-10-4-5-10)13-11-14-12(2,3)6-7-15-11/h9-10H,4-8H2,1-3H3,(H,13,14). The molecule has 1 saturated heterocycles. The number of rotatable bonds is 3. The molecule has 2 aliphatic rings. The number of thioether (sulfide) groups is 1. The highest BCUT2D eigenvalue weighted by Crippen LogP contribution is 2.34. The Hall–Kier alpha value is -0.180. The molecule has 2 nitrogen and oxygen atoms in total. The van der Waals surface area contributed by atoms with Crippen molar-refractivity contribution in [1.29, 1.82) is 0 Å². The average Bonchev–Trinajstić information content (AvgIpc) is 2.85. The van der Waals surface area contributed by atoms with Gasteiger partial charge in [0.15, 0.2) is 5.17 Å². The summed E-state index contributed by atoms with van der Waals surface area (Å²) in [5.74, 6) is 2.18. The normalized spacial score (nSPS) is 29.9. The Balaban J connectivity index is 1.87. The first-order valence-electron chi connectivity index (χ1n) is 6.04. The van der Waals surface area contributed by atoms with Crippen molar-refractivity contribution in [3.05, 3.63) is 0 Å². The number of hydrogen-bond acceptors (Lipinski definition) is 2. The summed E-state index contributed by atoms with van der Waals surface area (Å²) < 4.78 is 0. The molecule has 0 aromatic rings. The molecule has 0 aromatic heterocycles. The van der Waals surface area contributed by atoms with Gasteiger partial charge in [-0.25, -0.2) is 0 Å². The Morgan fingerprint density at radius 2 is 2.27 bits per heavy atom. The number of amidine groups is 1. The van der Waals surface area contributed by atoms with Gasteiger partial charge in [0.25, 0.3) is 0 Å². The van der Waals surface area contributed by atoms with E-state index < -0.39 is 0 Å². The van der Waals surface area contributed by atoms with Crippen LogP contribution in [0.3, 0.4) is 0 Å². The first-order chi connectivity index (χ1) is 7.05. The summed E-state index contributed by atoms with van der Waals surface area (Å²) in [6.45, 7) is 6.76. The SMILES string of the molecule is CC(CC1CC1)N=C1NC(C)(C)CCS1. The summed E-state index contributed by atoms with van der Waals surface area (Å²) >= 11 is 1.88. The molecule has 1 atom stereocenters. The lowest BCUT2D eigenvalue weighted by Crippen LogP contribution is -2.46. The van der Waals surface area contributed by atoms with Gasteiger partial charge in [-0.2, -0.15) is 0 Å². The van der Waals surface area contributed by atoms with Crippen LogP contribution in [0.2, 0.25) is 0 Å². The van der Waals surface area contributed by atoms with Crippen molar-refractivity contribution >= 4 is 16.9 Å². The molecular weight excluding hydrogens is 204 g/mol. The highest BCUT2D eigenvalue weighted by Gasteiger charge is 2.26. The second-order valence-corrected chi connectivity index (χ2v) is 6.65. The van der Waals surface area contributed by atoms with Crippen molar-refractivity contribution in [2.24, 2.45) is 10.9 Å². The first-order valence-corrected chi connectivity index (χ1v) is 7.02. The lowest BCUT2D eigenvalue weighted by molar-refractivity contribution is 0.444. The van der Waals surface area contributed by atoms with Gasteiger partial charge in [-0.05, 0) is 39.5 Å². The summed E-state index contributed by atoms with van der Waals surface area (Å²) in [7, 11) is 0. The van der Waals surface area contributed by atoms with Crippen molar-refractivity contribution in [1.82, 2.24) is 5.32 Å². The maximum absolute atomic E-state index is 4.78. The fourth-order valence-corrected chi connectivity index (χ4v) is 3.36. The Morgan fingerprint density at radius 3 is 2.87 bits per heavy atom. The van der Waals surface area contributed by atoms with Gasteiger partial charge >= 0.3 is 0 Å². The molecule has 15 heavy (non-hydrogen) atoms. The third kappa shape index (κ3) is 3.71. The molecule has 0 bridgehead atoms. The van der Waals surface area contributed by atoms with Crippen LogP contribution in [0, 0.1) is 5.92 Å². The van der Waals surface area contributed by atoms with E-state index in [-0.39, 0.29) is 5.54 Å². The van der Waals surface area contributed by atoms with E-state index in [4.69, 9.17) is 4.99 Å². The molecule has 1 saturated carbocycles. The Bertz CT molecular complexity index is 256. The second-order valence-electron chi connectivity index (χ2n) is 5.57. The molecule has 2 fully saturated rings. The van der Waals surface area contributed by atoms with Crippen LogP contribution in [0.15, 0.2) is 4.99 Å². The van der Waals surface area contributed by atoms with Gasteiger partial charge in [0.05, 0.1) is 6.04 Å². The van der Waals surface area contributed by atoms with Crippen LogP contribution >= 0.6 is 11.8 Å². The summed E-state index contributed by atoms with van der Waals surface area (Å²) in [5.41, 5.74) is 0.239. The van der Waals surface area contributed by atoms with E-state index in [0.29, 0.717) is 6.04 Å². The number of nitrogens with one attached hydrogen (secondary N) is 1. The fraction of sp³-hybridized carbons (Fsp3) is 0.917. The molecule has 1 heterocycles. The van der Waals surface area contributed by atoms with Crippen LogP contribution in [-0.4, -0.2) is 22.5 Å². The maximum atomic E-state index is 4.78. The molecule has 86 valence electrons. The van der Waals surface area contributed by atoms with E-state index >= 15 is 0 Å². The van der Waals surface area contributed by atoms with E-state index in [1.54, 1.807) is 0 Å². The van der Waals surface area contributed by atoms with Gasteiger partial charge in [0.2, 0.25) is 0 Å². The Labute approximate surface area is 97.3 Å². The molecule has 0 aromatic carbocycles. The average molecular weight is 226 g/mol. The molecule has 0 radical (unpaired) electrons. The van der Waals surface area contributed by atoms with Crippen LogP contribution in [0.4, 0.5) is 0 Å². The number of hydrogen-bond donors (Lipinski definition) is 1. The minimum Gasteiger partial charge on any atom is -0.360 e. The number of nitrogens with zero attached hydrogens (tertiary/aromatic N) is 1. The molecule has 1 N–H and O–H groups in total. The summed E-state index contributed by atoms with van der Waals surface area (Å²) in [4.78, 5) is 4.78. The first kappa shape index (κ1) is 11.3. The van der Waals surface area contributed by atoms with Crippen LogP contribution in [-0.2, 0) is 0 Å². The lowest BCUT2D eigenvalue weighted by atomic mass is 10.0. The molecule has 2 rings (SSSR count). The largest absolute Gasteiger partial charge is 0.360 e. The molecule has 1 aliphatic carbocycles. The topological polar surface area (TPSA) is 24.4 Å². The third-order valence-corrected chi connectivity index (χ3v) is 4.01. The molecule has 0 spiro atoms. The second kappa shape index (κ2) is 4.36. The van der Waals surface area contributed by atoms with Gasteiger partial charge in [0, 0.05) is 11.3 Å². The summed E-state index contributed by atoms with van der Waals surface area (Å²) in [6.07, 6.45) is 5.38. The van der Waals surface area contributed by atoms with E-state index in [1.165, 1.54) is 36.6 Å². The number of aliphatic imine (C=N–C) groups is 1. The van der Waals surface area contributed by atoms with E-state index in [0.717, 1.165) is 5.92 Å². The van der Waals surface area contributed by atoms with Crippen LogP contribution in [0.5, 0.6) is 0 Å². The van der Waals surface area contributed by atoms with Gasteiger partial charge in [-0.1, -0.05) is 24.6 Å². The molecule has 1 aliphatic heterocycles. The van der Waals surface area contributed by atoms with Crippen molar-refractivity contribution in [2.45, 2.75) is 58.0 Å². The van der Waals surface area contributed by atoms with Gasteiger partial charge in [-0.3, -0.25) is 4.99 Å². The smallest absolute Gasteiger partial charge is 0.157 e. The Kier molecular flexibility index (Phi) is 3.29. The van der Waals surface area contributed by atoms with E-state index in [1.807, 2.05) is 11.8 Å². The monoisotopic (exact) mass is 226 g/mol. The summed E-state index contributed by atoms with van der Waals surface area (Å²) in [6, 6.07) is 0.501. The predicted octanol–water partition coefficient (Wildman–Crippen LogP) is 3.04. The van der Waals surface area contributed by atoms with Gasteiger partial charge < -0.3 is 5.32 Å². The highest BCUT2D eigenvalue weighted by molar-refractivity contribution is 8.13. The van der Waals surface area contributed by atoms with Gasteiger partial charge in [-0.15, -0.1) is 0 Å². The maximum Gasteiger partial charge on any atom is 0.157 e. The molecule has 0 amide bonds. The van der Waals surface area contributed by atoms with Crippen molar-refractivity contribution in [3.63, 3.8) is 0 Å². The quantitative estimate of drug-likeness (QED) is 0.800. The van der Waals surface area contributed by atoms with Crippen LogP contribution < -0.4 is 5.32 Å². The van der Waals surface area contributed by atoms with Crippen molar-refractivity contribution in [3.8, 4) is 0 Å². The zero-order valence-electron chi connectivity index (χ0n) is 10.0. The molecule has 1 unspecified atom stereocenters. The fourth-order valence-electron chi connectivity index (χ4n) is 1.95. The zero-order valence-corrected chi connectivity index (χ0v) is 10.9. The van der Waals surface area contributed by atoms with Crippen molar-refractivity contribution in [2.75, 3.05) is 5.75 Å². The predicted molar refractivity (Wildman–Crippen MR) is 68.5 cm³/mol. The van der Waals surface area contributed by atoms with Crippen molar-refractivity contribution < 1.29 is 0 Å². The minimum atomic E-state index is 0.239. The van der Waals surface area contributed by atoms with E-state index in [2.05, 4.69) is 26.1 Å². The lowest BCUT2D eigenvalue weighted by Gasteiger charge is -2.32. The van der Waals surface area contributed by atoms with Crippen LogP contribution in [0.1, 0.15) is 46.5 Å². The minimum absolute atomic E-state index is 0.239. The van der Waals surface area contributed by atoms with Crippen LogP contribution in [0.25, 0.3) is 0 Å². The Morgan fingerprint density at radius 1 is 1.53 bits per heavy atom. The molecule has 3 heteroatoms. The zero-order chi connectivity index (χ0) is 10.9. The summed E-state index contributed by atoms with van der Waals surface area (Å²) in [5, 5.41) is 4.70. The molecular formula is C12H22N2S. The van der Waals surface area contributed by atoms with E-state index in [9.17, 15) is 0 Å². The third-order valence-electron chi connectivity index (χ3n) is 3.12. The highest BCUT2D eigenvalue weighted by atomic mass is 32.2.